The minimum atomic E-state index is -0.219. The van der Waals surface area contributed by atoms with E-state index in [-0.39, 0.29) is 6.10 Å². The molecule has 2 aromatic rings. The fraction of sp³-hybridized carbons (Fsp3) is 0.250. The summed E-state index contributed by atoms with van der Waals surface area (Å²) in [5.74, 6) is 0. The van der Waals surface area contributed by atoms with Gasteiger partial charge in [0.2, 0.25) is 0 Å². The molecule has 1 nitrogen and oxygen atoms in total. The van der Waals surface area contributed by atoms with Crippen LogP contribution in [0.4, 0.5) is 0 Å². The summed E-state index contributed by atoms with van der Waals surface area (Å²) in [5, 5.41) is 9.25. The molecule has 2 rings (SSSR count). The van der Waals surface area contributed by atoms with Gasteiger partial charge in [-0.05, 0) is 36.5 Å². The van der Waals surface area contributed by atoms with E-state index in [1.807, 2.05) is 13.0 Å². The van der Waals surface area contributed by atoms with Crippen molar-refractivity contribution < 1.29 is 5.11 Å². The maximum atomic E-state index is 9.25. The zero-order valence-electron chi connectivity index (χ0n) is 10.1. The number of hydrogen-bond acceptors (Lipinski definition) is 1. The van der Waals surface area contributed by atoms with Gasteiger partial charge >= 0.3 is 0 Å². The zero-order chi connectivity index (χ0) is 12.1. The van der Waals surface area contributed by atoms with Gasteiger partial charge in [0.05, 0.1) is 6.10 Å². The molecule has 0 amide bonds. The van der Waals surface area contributed by atoms with Crippen molar-refractivity contribution in [3.8, 4) is 11.1 Å². The minimum Gasteiger partial charge on any atom is -0.393 e. The molecule has 0 spiro atoms. The lowest BCUT2D eigenvalue weighted by Gasteiger charge is -2.06. The van der Waals surface area contributed by atoms with E-state index in [0.717, 1.165) is 12.8 Å². The van der Waals surface area contributed by atoms with Crippen LogP contribution < -0.4 is 0 Å². The standard InChI is InChI=1S/C16H18O/c1-13(17)7-8-14-9-11-16(12-10-14)15-5-3-2-4-6-15/h2-6,9-13,17H,7-8H2,1H3/t13-/m0/s1. The molecular formula is C16H18O. The van der Waals surface area contributed by atoms with Gasteiger partial charge in [-0.25, -0.2) is 0 Å². The third kappa shape index (κ3) is 3.43. The summed E-state index contributed by atoms with van der Waals surface area (Å²) in [6.07, 6.45) is 1.54. The molecule has 0 saturated carbocycles. The molecule has 0 heterocycles. The molecule has 0 radical (unpaired) electrons. The van der Waals surface area contributed by atoms with Gasteiger partial charge in [0.15, 0.2) is 0 Å². The first-order valence-electron chi connectivity index (χ1n) is 6.08. The second kappa shape index (κ2) is 5.65. The van der Waals surface area contributed by atoms with Crippen molar-refractivity contribution in [3.05, 3.63) is 60.2 Å². The topological polar surface area (TPSA) is 20.2 Å². The van der Waals surface area contributed by atoms with Crippen LogP contribution >= 0.6 is 0 Å². The highest BCUT2D eigenvalue weighted by molar-refractivity contribution is 5.63. The van der Waals surface area contributed by atoms with Crippen molar-refractivity contribution in [1.82, 2.24) is 0 Å². The Labute approximate surface area is 103 Å². The van der Waals surface area contributed by atoms with E-state index in [4.69, 9.17) is 0 Å². The van der Waals surface area contributed by atoms with E-state index in [2.05, 4.69) is 48.5 Å². The monoisotopic (exact) mass is 226 g/mol. The molecule has 2 aromatic carbocycles. The average molecular weight is 226 g/mol. The van der Waals surface area contributed by atoms with Gasteiger partial charge in [-0.15, -0.1) is 0 Å². The summed E-state index contributed by atoms with van der Waals surface area (Å²) in [7, 11) is 0. The van der Waals surface area contributed by atoms with Crippen LogP contribution in [-0.2, 0) is 6.42 Å². The molecule has 1 N–H and O–H groups in total. The normalized spacial score (nSPS) is 12.4. The maximum Gasteiger partial charge on any atom is 0.0515 e. The van der Waals surface area contributed by atoms with Crippen molar-refractivity contribution >= 4 is 0 Å². The Bertz CT molecular complexity index is 443. The van der Waals surface area contributed by atoms with Gasteiger partial charge < -0.3 is 5.11 Å². The SMILES string of the molecule is C[C@H](O)CCc1ccc(-c2ccccc2)cc1. The third-order valence-corrected chi connectivity index (χ3v) is 2.91. The maximum absolute atomic E-state index is 9.25. The van der Waals surface area contributed by atoms with E-state index in [1.165, 1.54) is 16.7 Å². The van der Waals surface area contributed by atoms with E-state index in [9.17, 15) is 5.11 Å². The molecule has 0 saturated heterocycles. The number of aryl methyl sites for hydroxylation is 1. The van der Waals surface area contributed by atoms with Crippen LogP contribution in [0.15, 0.2) is 54.6 Å². The highest BCUT2D eigenvalue weighted by atomic mass is 16.3. The van der Waals surface area contributed by atoms with Crippen molar-refractivity contribution in [2.45, 2.75) is 25.9 Å². The van der Waals surface area contributed by atoms with Crippen molar-refractivity contribution in [3.63, 3.8) is 0 Å². The van der Waals surface area contributed by atoms with Gasteiger partial charge in [0, 0.05) is 0 Å². The molecule has 0 bridgehead atoms. The lowest BCUT2D eigenvalue weighted by atomic mass is 10.0. The summed E-state index contributed by atoms with van der Waals surface area (Å²) in [6, 6.07) is 18.9. The molecule has 0 aliphatic rings. The van der Waals surface area contributed by atoms with Crippen LogP contribution in [0.1, 0.15) is 18.9 Å². The zero-order valence-corrected chi connectivity index (χ0v) is 10.1. The van der Waals surface area contributed by atoms with Crippen molar-refractivity contribution in [2.75, 3.05) is 0 Å². The second-order valence-corrected chi connectivity index (χ2v) is 4.45. The lowest BCUT2D eigenvalue weighted by molar-refractivity contribution is 0.185. The third-order valence-electron chi connectivity index (χ3n) is 2.91. The minimum absolute atomic E-state index is 0.219. The summed E-state index contributed by atoms with van der Waals surface area (Å²) in [4.78, 5) is 0. The fourth-order valence-electron chi connectivity index (χ4n) is 1.87. The first-order valence-corrected chi connectivity index (χ1v) is 6.08. The number of benzene rings is 2. The number of rotatable bonds is 4. The highest BCUT2D eigenvalue weighted by Crippen LogP contribution is 2.19. The van der Waals surface area contributed by atoms with Crippen LogP contribution in [0, 0.1) is 0 Å². The Hall–Kier alpha value is -1.60. The van der Waals surface area contributed by atoms with Crippen LogP contribution in [0.2, 0.25) is 0 Å². The largest absolute Gasteiger partial charge is 0.393 e. The van der Waals surface area contributed by atoms with Gasteiger partial charge in [-0.1, -0.05) is 54.6 Å². The van der Waals surface area contributed by atoms with E-state index in [1.54, 1.807) is 0 Å². The van der Waals surface area contributed by atoms with Gasteiger partial charge in [-0.2, -0.15) is 0 Å². The van der Waals surface area contributed by atoms with Crippen LogP contribution in [0.25, 0.3) is 11.1 Å². The molecule has 0 fully saturated rings. The Morgan fingerprint density at radius 3 is 2.06 bits per heavy atom. The van der Waals surface area contributed by atoms with Crippen LogP contribution in [0.5, 0.6) is 0 Å². The van der Waals surface area contributed by atoms with E-state index >= 15 is 0 Å². The fourth-order valence-corrected chi connectivity index (χ4v) is 1.87. The Kier molecular flexibility index (Phi) is 3.94. The summed E-state index contributed by atoms with van der Waals surface area (Å²) in [5.41, 5.74) is 3.77. The van der Waals surface area contributed by atoms with Crippen LogP contribution in [-0.4, -0.2) is 11.2 Å². The molecule has 1 atom stereocenters. The molecule has 0 unspecified atom stereocenters. The lowest BCUT2D eigenvalue weighted by Crippen LogP contribution is -2.01. The molecular weight excluding hydrogens is 208 g/mol. The molecule has 0 aliphatic heterocycles. The Morgan fingerprint density at radius 2 is 1.47 bits per heavy atom. The molecule has 1 heteroatoms. The van der Waals surface area contributed by atoms with E-state index < -0.39 is 0 Å². The average Bonchev–Trinajstić information content (AvgIpc) is 2.38. The van der Waals surface area contributed by atoms with Crippen LogP contribution in [0.3, 0.4) is 0 Å². The number of aliphatic hydroxyl groups is 1. The Balaban J connectivity index is 2.08. The predicted octanol–water partition coefficient (Wildman–Crippen LogP) is 3.67. The molecule has 88 valence electrons. The first kappa shape index (κ1) is 11.9. The summed E-state index contributed by atoms with van der Waals surface area (Å²) < 4.78 is 0. The molecule has 0 aromatic heterocycles. The van der Waals surface area contributed by atoms with Crippen molar-refractivity contribution in [2.24, 2.45) is 0 Å². The summed E-state index contributed by atoms with van der Waals surface area (Å²) in [6.45, 7) is 1.83. The van der Waals surface area contributed by atoms with Gasteiger partial charge in [0.25, 0.3) is 0 Å². The number of aliphatic hydroxyl groups excluding tert-OH is 1. The smallest absolute Gasteiger partial charge is 0.0515 e. The quantitative estimate of drug-likeness (QED) is 0.843. The molecule has 17 heavy (non-hydrogen) atoms. The summed E-state index contributed by atoms with van der Waals surface area (Å²) >= 11 is 0. The van der Waals surface area contributed by atoms with Crippen molar-refractivity contribution in [1.29, 1.82) is 0 Å². The van der Waals surface area contributed by atoms with Gasteiger partial charge in [-0.3, -0.25) is 0 Å². The first-order chi connectivity index (χ1) is 8.25. The molecule has 0 aliphatic carbocycles. The predicted molar refractivity (Wildman–Crippen MR) is 71.9 cm³/mol. The second-order valence-electron chi connectivity index (χ2n) is 4.45. The highest BCUT2D eigenvalue weighted by Gasteiger charge is 1.99. The van der Waals surface area contributed by atoms with Gasteiger partial charge in [0.1, 0.15) is 0 Å². The number of hydrogen-bond donors (Lipinski definition) is 1. The Morgan fingerprint density at radius 1 is 0.882 bits per heavy atom. The van der Waals surface area contributed by atoms with E-state index in [0.29, 0.717) is 0 Å².